The number of anilines is 2. The van der Waals surface area contributed by atoms with Gasteiger partial charge in [-0.25, -0.2) is 8.42 Å². The van der Waals surface area contributed by atoms with E-state index in [4.69, 9.17) is 4.74 Å². The first-order valence-electron chi connectivity index (χ1n) is 8.51. The van der Waals surface area contributed by atoms with Crippen LogP contribution in [0.4, 0.5) is 11.4 Å². The number of ether oxygens (including phenoxy) is 1. The monoisotopic (exact) mass is 452 g/mol. The fraction of sp³-hybridized carbons (Fsp3) is 0.316. The zero-order valence-corrected chi connectivity index (χ0v) is 17.7. The minimum Gasteiger partial charge on any atom is -0.490 e. The Morgan fingerprint density at radius 1 is 1.19 bits per heavy atom. The lowest BCUT2D eigenvalue weighted by Crippen LogP contribution is -2.42. The molecule has 0 radical (unpaired) electrons. The lowest BCUT2D eigenvalue weighted by molar-refractivity contribution is -0.127. The van der Waals surface area contributed by atoms with E-state index < -0.39 is 15.4 Å². The molecule has 27 heavy (non-hydrogen) atoms. The Morgan fingerprint density at radius 2 is 1.85 bits per heavy atom. The molecule has 1 N–H and O–H groups in total. The number of hydrogen-bond donors (Lipinski definition) is 1. The molecule has 2 aromatic rings. The number of fused-ring (bicyclic) bond motifs is 1. The summed E-state index contributed by atoms with van der Waals surface area (Å²) in [5.41, 5.74) is 0.266. The molecule has 144 valence electrons. The molecule has 0 aliphatic carbocycles. The third-order valence-electron chi connectivity index (χ3n) is 4.35. The Bertz CT molecular complexity index is 972. The number of halogens is 1. The second-order valence-electron chi connectivity index (χ2n) is 6.96. The molecule has 3 rings (SSSR count). The standard InChI is InChI=1S/C19H21BrN2O4S/c1-4-22-16-11-14(7-10-17(16)26-12-19(2,3)18(22)23)21-27(24,25)15-8-5-13(20)6-9-15/h5-11,21H,4,12H2,1-3H3. The largest absolute Gasteiger partial charge is 0.490 e. The average Bonchev–Trinajstić information content (AvgIpc) is 2.70. The normalized spacial score (nSPS) is 16.3. The van der Waals surface area contributed by atoms with Crippen LogP contribution in [0, 0.1) is 5.41 Å². The van der Waals surface area contributed by atoms with Gasteiger partial charge >= 0.3 is 0 Å². The molecular weight excluding hydrogens is 432 g/mol. The number of hydrogen-bond acceptors (Lipinski definition) is 4. The molecule has 1 aliphatic rings. The third kappa shape index (κ3) is 3.96. The van der Waals surface area contributed by atoms with Crippen LogP contribution in [-0.2, 0) is 14.8 Å². The maximum absolute atomic E-state index is 12.8. The van der Waals surface area contributed by atoms with E-state index in [2.05, 4.69) is 20.7 Å². The van der Waals surface area contributed by atoms with Gasteiger partial charge < -0.3 is 9.64 Å². The molecule has 2 aromatic carbocycles. The van der Waals surface area contributed by atoms with Crippen LogP contribution in [0.5, 0.6) is 5.75 Å². The fourth-order valence-corrected chi connectivity index (χ4v) is 4.16. The molecule has 0 unspecified atom stereocenters. The number of carbonyl (C=O) groups excluding carboxylic acids is 1. The molecule has 1 heterocycles. The van der Waals surface area contributed by atoms with Gasteiger partial charge in [0.25, 0.3) is 10.0 Å². The SMILES string of the molecule is CCN1C(=O)C(C)(C)COc2ccc(NS(=O)(=O)c3ccc(Br)cc3)cc21. The quantitative estimate of drug-likeness (QED) is 0.759. The zero-order chi connectivity index (χ0) is 19.8. The summed E-state index contributed by atoms with van der Waals surface area (Å²) in [7, 11) is -3.74. The summed E-state index contributed by atoms with van der Waals surface area (Å²) in [5.74, 6) is 0.499. The second-order valence-corrected chi connectivity index (χ2v) is 9.56. The maximum Gasteiger partial charge on any atom is 0.261 e. The number of carbonyl (C=O) groups is 1. The van der Waals surface area contributed by atoms with Crippen LogP contribution >= 0.6 is 15.9 Å². The predicted molar refractivity (Wildman–Crippen MR) is 109 cm³/mol. The molecule has 0 atom stereocenters. The number of sulfonamides is 1. The van der Waals surface area contributed by atoms with Crippen LogP contribution in [0.15, 0.2) is 51.8 Å². The van der Waals surface area contributed by atoms with Crippen molar-refractivity contribution in [1.82, 2.24) is 0 Å². The van der Waals surface area contributed by atoms with Crippen molar-refractivity contribution in [3.63, 3.8) is 0 Å². The van der Waals surface area contributed by atoms with Crippen molar-refractivity contribution in [3.8, 4) is 5.75 Å². The number of nitrogens with zero attached hydrogens (tertiary/aromatic N) is 1. The molecule has 0 fully saturated rings. The predicted octanol–water partition coefficient (Wildman–Crippen LogP) is 4.02. The lowest BCUT2D eigenvalue weighted by atomic mass is 9.93. The molecule has 0 bridgehead atoms. The van der Waals surface area contributed by atoms with Gasteiger partial charge in [0.15, 0.2) is 0 Å². The van der Waals surface area contributed by atoms with E-state index >= 15 is 0 Å². The van der Waals surface area contributed by atoms with Crippen molar-refractivity contribution in [1.29, 1.82) is 0 Å². The van der Waals surface area contributed by atoms with Crippen LogP contribution in [-0.4, -0.2) is 27.5 Å². The van der Waals surface area contributed by atoms with Crippen LogP contribution < -0.4 is 14.4 Å². The summed E-state index contributed by atoms with van der Waals surface area (Å²) < 4.78 is 34.4. The van der Waals surface area contributed by atoms with Crippen LogP contribution in [0.3, 0.4) is 0 Å². The van der Waals surface area contributed by atoms with E-state index in [1.807, 2.05) is 20.8 Å². The van der Waals surface area contributed by atoms with E-state index in [1.165, 1.54) is 12.1 Å². The van der Waals surface area contributed by atoms with Gasteiger partial charge in [-0.15, -0.1) is 0 Å². The maximum atomic E-state index is 12.8. The van der Waals surface area contributed by atoms with Gasteiger partial charge in [0, 0.05) is 11.0 Å². The Morgan fingerprint density at radius 3 is 2.48 bits per heavy atom. The van der Waals surface area contributed by atoms with Crippen molar-refractivity contribution in [2.75, 3.05) is 22.8 Å². The summed E-state index contributed by atoms with van der Waals surface area (Å²) in [5, 5.41) is 0. The zero-order valence-electron chi connectivity index (χ0n) is 15.3. The first-order valence-corrected chi connectivity index (χ1v) is 10.8. The first kappa shape index (κ1) is 19.7. The van der Waals surface area contributed by atoms with Crippen molar-refractivity contribution in [2.24, 2.45) is 5.41 Å². The number of rotatable bonds is 4. The molecular formula is C19H21BrN2O4S. The minimum absolute atomic E-state index is 0.0586. The van der Waals surface area contributed by atoms with Crippen molar-refractivity contribution >= 4 is 43.2 Å². The van der Waals surface area contributed by atoms with Crippen molar-refractivity contribution in [2.45, 2.75) is 25.7 Å². The van der Waals surface area contributed by atoms with E-state index in [1.54, 1.807) is 35.2 Å². The van der Waals surface area contributed by atoms with Crippen molar-refractivity contribution in [3.05, 3.63) is 46.9 Å². The van der Waals surface area contributed by atoms with E-state index in [0.717, 1.165) is 4.47 Å². The Labute approximate surface area is 167 Å². The summed E-state index contributed by atoms with van der Waals surface area (Å²) in [6, 6.07) is 11.3. The van der Waals surface area contributed by atoms with E-state index in [-0.39, 0.29) is 17.4 Å². The highest BCUT2D eigenvalue weighted by atomic mass is 79.9. The molecule has 0 saturated heterocycles. The molecule has 6 nitrogen and oxygen atoms in total. The number of amides is 1. The van der Waals surface area contributed by atoms with Crippen LogP contribution in [0.2, 0.25) is 0 Å². The highest BCUT2D eigenvalue weighted by Gasteiger charge is 2.37. The van der Waals surface area contributed by atoms with Crippen LogP contribution in [0.25, 0.3) is 0 Å². The fourth-order valence-electron chi connectivity index (χ4n) is 2.85. The van der Waals surface area contributed by atoms with Gasteiger partial charge in [-0.2, -0.15) is 0 Å². The van der Waals surface area contributed by atoms with E-state index in [9.17, 15) is 13.2 Å². The van der Waals surface area contributed by atoms with Gasteiger partial charge in [-0.1, -0.05) is 15.9 Å². The lowest BCUT2D eigenvalue weighted by Gasteiger charge is -2.27. The highest BCUT2D eigenvalue weighted by molar-refractivity contribution is 9.10. The molecule has 8 heteroatoms. The summed E-state index contributed by atoms with van der Waals surface area (Å²) in [6.07, 6.45) is 0. The van der Waals surface area contributed by atoms with Crippen LogP contribution in [0.1, 0.15) is 20.8 Å². The van der Waals surface area contributed by atoms with Crippen molar-refractivity contribution < 1.29 is 17.9 Å². The van der Waals surface area contributed by atoms with Gasteiger partial charge in [0.1, 0.15) is 12.4 Å². The number of benzene rings is 2. The van der Waals surface area contributed by atoms with Gasteiger partial charge in [0.2, 0.25) is 5.91 Å². The third-order valence-corrected chi connectivity index (χ3v) is 6.28. The Kier molecular flexibility index (Phi) is 5.22. The molecule has 0 spiro atoms. The van der Waals surface area contributed by atoms with Gasteiger partial charge in [-0.3, -0.25) is 9.52 Å². The summed E-state index contributed by atoms with van der Waals surface area (Å²) >= 11 is 3.29. The topological polar surface area (TPSA) is 75.7 Å². The first-order chi connectivity index (χ1) is 12.6. The average molecular weight is 453 g/mol. The minimum atomic E-state index is -3.74. The second kappa shape index (κ2) is 7.16. The molecule has 0 saturated carbocycles. The number of nitrogens with one attached hydrogen (secondary N) is 1. The van der Waals surface area contributed by atoms with Gasteiger partial charge in [-0.05, 0) is 63.2 Å². The highest BCUT2D eigenvalue weighted by Crippen LogP contribution is 2.38. The molecule has 1 aliphatic heterocycles. The molecule has 1 amide bonds. The smallest absolute Gasteiger partial charge is 0.261 e. The van der Waals surface area contributed by atoms with Gasteiger partial charge in [0.05, 0.1) is 21.7 Å². The Balaban J connectivity index is 1.96. The molecule has 0 aromatic heterocycles. The Hall–Kier alpha value is -2.06. The summed E-state index contributed by atoms with van der Waals surface area (Å²) in [4.78, 5) is 14.6. The summed E-state index contributed by atoms with van der Waals surface area (Å²) in [6.45, 7) is 6.27. The van der Waals surface area contributed by atoms with E-state index in [0.29, 0.717) is 23.7 Å².